The van der Waals surface area contributed by atoms with Crippen LogP contribution in [0.3, 0.4) is 0 Å². The van der Waals surface area contributed by atoms with Crippen molar-refractivity contribution in [3.8, 4) is 17.2 Å². The van der Waals surface area contributed by atoms with E-state index in [0.717, 1.165) is 56.8 Å². The maximum atomic E-state index is 12.3. The number of allylic oxidation sites excluding steroid dienone is 1. The topological polar surface area (TPSA) is 144 Å². The van der Waals surface area contributed by atoms with Gasteiger partial charge in [0, 0.05) is 23.8 Å². The molecule has 1 aromatic carbocycles. The number of carbonyl (C=O) groups excluding carboxylic acids is 3. The number of carboxylic acid groups (broad SMARTS) is 1. The zero-order valence-corrected chi connectivity index (χ0v) is 28.2. The van der Waals surface area contributed by atoms with Gasteiger partial charge in [-0.25, -0.2) is 19.2 Å². The second kappa shape index (κ2) is 26.5. The van der Waals surface area contributed by atoms with Gasteiger partial charge in [0.15, 0.2) is 11.5 Å². The van der Waals surface area contributed by atoms with Crippen LogP contribution in [-0.2, 0) is 35.0 Å². The van der Waals surface area contributed by atoms with Crippen LogP contribution in [0.1, 0.15) is 93.0 Å². The molecular formula is C37H52O11. The van der Waals surface area contributed by atoms with Crippen LogP contribution in [0.15, 0.2) is 56.7 Å². The van der Waals surface area contributed by atoms with E-state index in [1.54, 1.807) is 6.08 Å². The van der Waals surface area contributed by atoms with Crippen molar-refractivity contribution in [1.29, 1.82) is 0 Å². The van der Waals surface area contributed by atoms with E-state index < -0.39 is 23.9 Å². The molecule has 11 heteroatoms. The van der Waals surface area contributed by atoms with Crippen molar-refractivity contribution in [3.05, 3.63) is 67.8 Å². The van der Waals surface area contributed by atoms with Gasteiger partial charge in [0.1, 0.15) is 0 Å². The number of hydrogen-bond donors (Lipinski definition) is 1. The summed E-state index contributed by atoms with van der Waals surface area (Å²) in [6, 6.07) is 1.48. The van der Waals surface area contributed by atoms with E-state index in [1.807, 2.05) is 0 Å². The van der Waals surface area contributed by atoms with Crippen LogP contribution in [0.5, 0.6) is 17.2 Å². The van der Waals surface area contributed by atoms with Gasteiger partial charge in [-0.2, -0.15) is 0 Å². The number of benzene rings is 1. The summed E-state index contributed by atoms with van der Waals surface area (Å²) in [6.45, 7) is 15.9. The standard InChI is InChI=1S/C37H52O11/c1-5-21-29-30(37(41)42)28-31(43-22-15-9-10-16-23-44-32(38)6-2)36(48-27-20-14-12-18-25-46-34(40)8-4)35(29)47-26-19-13-11-17-24-45-33(39)7-3/h5-8,28H,1-4,9-27H2,(H,41,42). The van der Waals surface area contributed by atoms with Crippen LogP contribution in [-0.4, -0.2) is 68.6 Å². The molecule has 11 nitrogen and oxygen atoms in total. The van der Waals surface area contributed by atoms with Crippen molar-refractivity contribution in [3.63, 3.8) is 0 Å². The lowest BCUT2D eigenvalue weighted by atomic mass is 10.0. The highest BCUT2D eigenvalue weighted by molar-refractivity contribution is 5.92. The summed E-state index contributed by atoms with van der Waals surface area (Å²) in [5.41, 5.74) is 0.503. The minimum Gasteiger partial charge on any atom is -0.490 e. The first-order valence-electron chi connectivity index (χ1n) is 16.6. The molecule has 0 bridgehead atoms. The smallest absolute Gasteiger partial charge is 0.336 e. The number of esters is 3. The van der Waals surface area contributed by atoms with Crippen LogP contribution in [0, 0.1) is 0 Å². The third-order valence-corrected chi connectivity index (χ3v) is 6.98. The Labute approximate surface area is 284 Å². The molecule has 0 aliphatic carbocycles. The molecule has 0 aromatic heterocycles. The fraction of sp³-hybridized carbons (Fsp3) is 0.514. The molecule has 0 unspecified atom stereocenters. The monoisotopic (exact) mass is 672 g/mol. The van der Waals surface area contributed by atoms with Crippen LogP contribution in [0.4, 0.5) is 0 Å². The first-order valence-corrected chi connectivity index (χ1v) is 16.6. The number of carbonyl (C=O) groups is 4. The predicted octanol–water partition coefficient (Wildman–Crippen LogP) is 7.12. The van der Waals surface area contributed by atoms with Crippen molar-refractivity contribution in [2.24, 2.45) is 0 Å². The molecule has 1 N–H and O–H groups in total. The average Bonchev–Trinajstić information content (AvgIpc) is 3.08. The van der Waals surface area contributed by atoms with Crippen molar-refractivity contribution in [1.82, 2.24) is 0 Å². The molecule has 1 rings (SSSR count). The molecule has 1 aromatic rings. The van der Waals surface area contributed by atoms with Crippen molar-refractivity contribution >= 4 is 23.9 Å². The molecule has 0 fully saturated rings. The maximum absolute atomic E-state index is 12.3. The Balaban J connectivity index is 2.98. The summed E-state index contributed by atoms with van der Waals surface area (Å²) in [6.07, 6.45) is 14.4. The first kappa shape index (κ1) is 41.5. The fourth-order valence-electron chi connectivity index (χ4n) is 4.49. The largest absolute Gasteiger partial charge is 0.490 e. The number of ether oxygens (including phenoxy) is 6. The summed E-state index contributed by atoms with van der Waals surface area (Å²) in [5.74, 6) is -1.49. The van der Waals surface area contributed by atoms with Gasteiger partial charge in [0.25, 0.3) is 0 Å². The van der Waals surface area contributed by atoms with Crippen molar-refractivity contribution < 1.29 is 52.7 Å². The number of rotatable bonds is 30. The zero-order chi connectivity index (χ0) is 35.4. The van der Waals surface area contributed by atoms with Crippen LogP contribution in [0.2, 0.25) is 0 Å². The quantitative estimate of drug-likeness (QED) is 0.0293. The van der Waals surface area contributed by atoms with Crippen molar-refractivity contribution in [2.75, 3.05) is 39.6 Å². The van der Waals surface area contributed by atoms with E-state index in [0.29, 0.717) is 95.2 Å². The van der Waals surface area contributed by atoms with Gasteiger partial charge in [-0.05, 0) is 89.5 Å². The minimum atomic E-state index is -1.12. The Morgan fingerprint density at radius 2 is 0.917 bits per heavy atom. The van der Waals surface area contributed by atoms with E-state index in [-0.39, 0.29) is 17.7 Å². The summed E-state index contributed by atoms with van der Waals surface area (Å²) < 4.78 is 33.6. The lowest BCUT2D eigenvalue weighted by Gasteiger charge is -2.21. The maximum Gasteiger partial charge on any atom is 0.336 e. The summed E-state index contributed by atoms with van der Waals surface area (Å²) in [7, 11) is 0. The number of hydrogen-bond acceptors (Lipinski definition) is 10. The SMILES string of the molecule is C=CCc1c(C(=O)O)cc(OCCCCCCOC(=O)C=C)c(OCCCCCCOC(=O)C=C)c1OCCCCCCOC(=O)C=C. The number of aromatic carboxylic acids is 1. The molecular weight excluding hydrogens is 620 g/mol. The van der Waals surface area contributed by atoms with Crippen LogP contribution in [0.25, 0.3) is 0 Å². The molecule has 266 valence electrons. The van der Waals surface area contributed by atoms with Gasteiger partial charge in [0.05, 0.1) is 45.2 Å². The van der Waals surface area contributed by atoms with Gasteiger partial charge in [-0.15, -0.1) is 6.58 Å². The Kier molecular flexibility index (Phi) is 22.9. The van der Waals surface area contributed by atoms with E-state index in [4.69, 9.17) is 28.4 Å². The predicted molar refractivity (Wildman–Crippen MR) is 183 cm³/mol. The molecule has 0 heterocycles. The lowest BCUT2D eigenvalue weighted by molar-refractivity contribution is -0.138. The highest BCUT2D eigenvalue weighted by Crippen LogP contribution is 2.43. The molecule has 0 aliphatic rings. The normalized spacial score (nSPS) is 10.3. The van der Waals surface area contributed by atoms with E-state index in [1.165, 1.54) is 6.07 Å². The van der Waals surface area contributed by atoms with Crippen molar-refractivity contribution in [2.45, 2.75) is 83.5 Å². The minimum absolute atomic E-state index is 0.0504. The summed E-state index contributed by atoms with van der Waals surface area (Å²) in [5, 5.41) is 10.1. The second-order valence-corrected chi connectivity index (χ2v) is 10.8. The summed E-state index contributed by atoms with van der Waals surface area (Å²) >= 11 is 0. The molecule has 0 saturated carbocycles. The highest BCUT2D eigenvalue weighted by atomic mass is 16.5. The molecule has 0 radical (unpaired) electrons. The van der Waals surface area contributed by atoms with Gasteiger partial charge in [0.2, 0.25) is 5.75 Å². The fourth-order valence-corrected chi connectivity index (χ4v) is 4.49. The molecule has 0 atom stereocenters. The van der Waals surface area contributed by atoms with Gasteiger partial charge in [-0.3, -0.25) is 0 Å². The van der Waals surface area contributed by atoms with Gasteiger partial charge in [-0.1, -0.05) is 25.8 Å². The lowest BCUT2D eigenvalue weighted by Crippen LogP contribution is -2.12. The third kappa shape index (κ3) is 18.0. The highest BCUT2D eigenvalue weighted by Gasteiger charge is 2.25. The Morgan fingerprint density at radius 1 is 0.542 bits per heavy atom. The molecule has 0 spiro atoms. The van der Waals surface area contributed by atoms with E-state index >= 15 is 0 Å². The molecule has 0 aliphatic heterocycles. The molecule has 0 amide bonds. The first-order chi connectivity index (χ1) is 23.3. The van der Waals surface area contributed by atoms with E-state index in [2.05, 4.69) is 26.3 Å². The summed E-state index contributed by atoms with van der Waals surface area (Å²) in [4.78, 5) is 46.0. The number of carboxylic acids is 1. The van der Waals surface area contributed by atoms with Gasteiger partial charge < -0.3 is 33.5 Å². The molecule has 48 heavy (non-hydrogen) atoms. The van der Waals surface area contributed by atoms with Gasteiger partial charge >= 0.3 is 23.9 Å². The number of unbranched alkanes of at least 4 members (excludes halogenated alkanes) is 9. The van der Waals surface area contributed by atoms with E-state index in [9.17, 15) is 24.3 Å². The second-order valence-electron chi connectivity index (χ2n) is 10.8. The third-order valence-electron chi connectivity index (χ3n) is 6.98. The molecule has 0 saturated heterocycles. The Hall–Kier alpha value is -4.54. The Bertz CT molecular complexity index is 1190. The average molecular weight is 673 g/mol. The van der Waals surface area contributed by atoms with Crippen LogP contribution >= 0.6 is 0 Å². The zero-order valence-electron chi connectivity index (χ0n) is 28.2. The Morgan fingerprint density at radius 3 is 1.29 bits per heavy atom. The van der Waals surface area contributed by atoms with Crippen LogP contribution < -0.4 is 14.2 Å².